The van der Waals surface area contributed by atoms with Gasteiger partial charge in [-0.15, -0.1) is 0 Å². The summed E-state index contributed by atoms with van der Waals surface area (Å²) in [4.78, 5) is 11.6. The third-order valence-corrected chi connectivity index (χ3v) is 6.49. The van der Waals surface area contributed by atoms with Crippen LogP contribution >= 0.6 is 0 Å². The zero-order valence-corrected chi connectivity index (χ0v) is 19.5. The monoisotopic (exact) mass is 444 g/mol. The van der Waals surface area contributed by atoms with E-state index in [4.69, 9.17) is 9.84 Å². The number of nitrogens with zero attached hydrogens (tertiary/aromatic N) is 2. The Hall–Kier alpha value is -3.34. The number of carboxylic acids is 1. The fraction of sp³-hybridized carbons (Fsp3) is 0.357. The molecule has 0 spiro atoms. The van der Waals surface area contributed by atoms with E-state index in [0.29, 0.717) is 24.6 Å². The van der Waals surface area contributed by atoms with Gasteiger partial charge in [0.1, 0.15) is 12.4 Å². The van der Waals surface area contributed by atoms with Gasteiger partial charge in [0.25, 0.3) is 0 Å². The van der Waals surface area contributed by atoms with Gasteiger partial charge in [-0.05, 0) is 67.7 Å². The molecule has 1 heterocycles. The lowest BCUT2D eigenvalue weighted by molar-refractivity contribution is -0.132. The standard InChI is InChI=1S/C28H32N2O3/c1-3-25(20(2)28(31)32)26-18-27(30(29-26)23-12-8-5-9-13-23)22-14-16-24(17-15-22)33-19-21-10-6-4-7-11-21/h4,6-7,10-11,14-18,23H,3,5,8-9,12-13,19H2,1-2H3,(H,31,32). The zero-order valence-electron chi connectivity index (χ0n) is 19.5. The maximum absolute atomic E-state index is 11.6. The van der Waals surface area contributed by atoms with Crippen molar-refractivity contribution in [2.24, 2.45) is 0 Å². The molecule has 0 unspecified atom stereocenters. The van der Waals surface area contributed by atoms with Gasteiger partial charge in [-0.1, -0.05) is 56.5 Å². The zero-order chi connectivity index (χ0) is 23.2. The van der Waals surface area contributed by atoms with Crippen molar-refractivity contribution in [2.45, 2.75) is 65.0 Å². The van der Waals surface area contributed by atoms with E-state index in [1.165, 1.54) is 19.3 Å². The number of ether oxygens (including phenoxy) is 1. The van der Waals surface area contributed by atoms with Crippen LogP contribution in [0.15, 0.2) is 66.2 Å². The minimum absolute atomic E-state index is 0.347. The largest absolute Gasteiger partial charge is 0.489 e. The van der Waals surface area contributed by atoms with Crippen LogP contribution in [-0.2, 0) is 11.4 Å². The molecule has 1 fully saturated rings. The smallest absolute Gasteiger partial charge is 0.331 e. The van der Waals surface area contributed by atoms with Crippen LogP contribution in [0.1, 0.15) is 69.7 Å². The number of benzene rings is 2. The highest BCUT2D eigenvalue weighted by Crippen LogP contribution is 2.35. The second-order valence-electron chi connectivity index (χ2n) is 8.71. The van der Waals surface area contributed by atoms with Crippen LogP contribution in [-0.4, -0.2) is 20.9 Å². The lowest BCUT2D eigenvalue weighted by Crippen LogP contribution is -2.15. The lowest BCUT2D eigenvalue weighted by Gasteiger charge is -2.24. The first-order chi connectivity index (χ1) is 16.1. The SMILES string of the molecule is CCC(=C(C)C(=O)O)c1cc(-c2ccc(OCc3ccccc3)cc2)n(C2CCCCC2)n1. The Bertz CT molecular complexity index is 1110. The van der Waals surface area contributed by atoms with Gasteiger partial charge < -0.3 is 9.84 Å². The molecule has 0 bridgehead atoms. The minimum atomic E-state index is -0.888. The van der Waals surface area contributed by atoms with Gasteiger partial charge in [0.2, 0.25) is 0 Å². The first kappa shape index (κ1) is 22.8. The van der Waals surface area contributed by atoms with Crippen molar-refractivity contribution in [3.63, 3.8) is 0 Å². The van der Waals surface area contributed by atoms with Gasteiger partial charge in [0, 0.05) is 11.1 Å². The predicted octanol–water partition coefficient (Wildman–Crippen LogP) is 6.90. The summed E-state index contributed by atoms with van der Waals surface area (Å²) in [6, 6.07) is 20.7. The summed E-state index contributed by atoms with van der Waals surface area (Å²) in [5.74, 6) is -0.0667. The maximum atomic E-state index is 11.6. The average molecular weight is 445 g/mol. The van der Waals surface area contributed by atoms with Crippen LogP contribution in [0, 0.1) is 0 Å². The third kappa shape index (κ3) is 5.36. The van der Waals surface area contributed by atoms with Crippen molar-refractivity contribution >= 4 is 11.5 Å². The molecule has 1 aromatic heterocycles. The van der Waals surface area contributed by atoms with Gasteiger partial charge in [0.05, 0.1) is 17.4 Å². The number of allylic oxidation sites excluding steroid dienone is 1. The summed E-state index contributed by atoms with van der Waals surface area (Å²) in [5.41, 5.74) is 5.16. The molecule has 5 nitrogen and oxygen atoms in total. The van der Waals surface area contributed by atoms with Crippen LogP contribution in [0.5, 0.6) is 5.75 Å². The van der Waals surface area contributed by atoms with Crippen molar-refractivity contribution in [3.8, 4) is 17.0 Å². The van der Waals surface area contributed by atoms with Crippen LogP contribution in [0.2, 0.25) is 0 Å². The summed E-state index contributed by atoms with van der Waals surface area (Å²) in [6.07, 6.45) is 6.52. The molecule has 3 aromatic rings. The van der Waals surface area contributed by atoms with Gasteiger partial charge in [-0.25, -0.2) is 4.79 Å². The van der Waals surface area contributed by atoms with Gasteiger partial charge in [0.15, 0.2) is 0 Å². The molecule has 0 saturated heterocycles. The van der Waals surface area contributed by atoms with Crippen LogP contribution in [0.4, 0.5) is 0 Å². The number of aromatic nitrogens is 2. The molecule has 33 heavy (non-hydrogen) atoms. The highest BCUT2D eigenvalue weighted by molar-refractivity contribution is 5.95. The number of carboxylic acid groups (broad SMARTS) is 1. The fourth-order valence-electron chi connectivity index (χ4n) is 4.59. The average Bonchev–Trinajstić information content (AvgIpc) is 3.29. The van der Waals surface area contributed by atoms with Gasteiger partial charge in [-0.2, -0.15) is 5.10 Å². The van der Waals surface area contributed by atoms with E-state index in [9.17, 15) is 9.90 Å². The van der Waals surface area contributed by atoms with Crippen molar-refractivity contribution in [1.82, 2.24) is 9.78 Å². The van der Waals surface area contributed by atoms with E-state index >= 15 is 0 Å². The van der Waals surface area contributed by atoms with Crippen molar-refractivity contribution < 1.29 is 14.6 Å². The lowest BCUT2D eigenvalue weighted by atomic mass is 9.95. The second kappa shape index (κ2) is 10.5. The highest BCUT2D eigenvalue weighted by atomic mass is 16.5. The van der Waals surface area contributed by atoms with Gasteiger partial charge >= 0.3 is 5.97 Å². The maximum Gasteiger partial charge on any atom is 0.331 e. The first-order valence-electron chi connectivity index (χ1n) is 11.9. The molecule has 1 saturated carbocycles. The molecule has 1 aliphatic carbocycles. The molecule has 0 radical (unpaired) electrons. The van der Waals surface area contributed by atoms with Crippen LogP contribution in [0.3, 0.4) is 0 Å². The molecular weight excluding hydrogens is 412 g/mol. The molecule has 1 aliphatic rings. The molecule has 172 valence electrons. The Morgan fingerprint density at radius 3 is 2.39 bits per heavy atom. The highest BCUT2D eigenvalue weighted by Gasteiger charge is 2.23. The van der Waals surface area contributed by atoms with Crippen LogP contribution < -0.4 is 4.74 Å². The topological polar surface area (TPSA) is 64.3 Å². The van der Waals surface area contributed by atoms with E-state index in [1.54, 1.807) is 6.92 Å². The molecule has 0 amide bonds. The fourth-order valence-corrected chi connectivity index (χ4v) is 4.59. The summed E-state index contributed by atoms with van der Waals surface area (Å²) >= 11 is 0. The quantitative estimate of drug-likeness (QED) is 0.384. The summed E-state index contributed by atoms with van der Waals surface area (Å²) < 4.78 is 8.09. The van der Waals surface area contributed by atoms with Gasteiger partial charge in [-0.3, -0.25) is 4.68 Å². The normalized spacial score (nSPS) is 15.2. The summed E-state index contributed by atoms with van der Waals surface area (Å²) in [7, 11) is 0. The molecule has 4 rings (SSSR count). The number of hydrogen-bond acceptors (Lipinski definition) is 3. The Labute approximate surface area is 195 Å². The Morgan fingerprint density at radius 1 is 1.06 bits per heavy atom. The summed E-state index contributed by atoms with van der Waals surface area (Å²) in [6.45, 7) is 4.18. The van der Waals surface area contributed by atoms with Crippen molar-refractivity contribution in [1.29, 1.82) is 0 Å². The Morgan fingerprint density at radius 2 is 1.76 bits per heavy atom. The van der Waals surface area contributed by atoms with Crippen molar-refractivity contribution in [2.75, 3.05) is 0 Å². The molecule has 0 aliphatic heterocycles. The molecule has 5 heteroatoms. The number of rotatable bonds is 8. The number of carbonyl (C=O) groups is 1. The summed E-state index contributed by atoms with van der Waals surface area (Å²) in [5, 5.41) is 14.5. The number of hydrogen-bond donors (Lipinski definition) is 1. The minimum Gasteiger partial charge on any atom is -0.489 e. The van der Waals surface area contributed by atoms with Crippen LogP contribution in [0.25, 0.3) is 16.8 Å². The first-order valence-corrected chi connectivity index (χ1v) is 11.9. The van der Waals surface area contributed by atoms with Crippen molar-refractivity contribution in [3.05, 3.63) is 77.5 Å². The molecule has 1 N–H and O–H groups in total. The molecular formula is C28H32N2O3. The predicted molar refractivity (Wildman–Crippen MR) is 131 cm³/mol. The number of aliphatic carboxylic acids is 1. The molecule has 0 atom stereocenters. The molecule has 2 aromatic carbocycles. The Balaban J connectivity index is 1.64. The van der Waals surface area contributed by atoms with E-state index in [-0.39, 0.29) is 0 Å². The van der Waals surface area contributed by atoms with E-state index in [1.807, 2.05) is 37.3 Å². The van der Waals surface area contributed by atoms with E-state index in [2.05, 4.69) is 35.0 Å². The Kier molecular flexibility index (Phi) is 7.28. The second-order valence-corrected chi connectivity index (χ2v) is 8.71. The third-order valence-electron chi connectivity index (χ3n) is 6.49. The van der Waals surface area contributed by atoms with E-state index in [0.717, 1.165) is 46.7 Å². The van der Waals surface area contributed by atoms with E-state index < -0.39 is 5.97 Å².